The highest BCUT2D eigenvalue weighted by atomic mass is 16.1. The molecule has 0 radical (unpaired) electrons. The first-order chi connectivity index (χ1) is 9.59. The second kappa shape index (κ2) is 6.37. The van der Waals surface area contributed by atoms with Crippen LogP contribution in [0.15, 0.2) is 47.5 Å². The van der Waals surface area contributed by atoms with Gasteiger partial charge in [0.1, 0.15) is 0 Å². The quantitative estimate of drug-likeness (QED) is 0.909. The smallest absolute Gasteiger partial charge is 0.293 e. The molecule has 0 amide bonds. The molecule has 4 nitrogen and oxygen atoms in total. The molecule has 0 saturated heterocycles. The molecule has 20 heavy (non-hydrogen) atoms. The summed E-state index contributed by atoms with van der Waals surface area (Å²) < 4.78 is 1.68. The molecular formula is C16H21N3O. The summed E-state index contributed by atoms with van der Waals surface area (Å²) in [5.41, 5.74) is 1.18. The monoisotopic (exact) mass is 271 g/mol. The number of hydrogen-bond acceptors (Lipinski definition) is 3. The molecule has 2 aromatic rings. The number of nitrogens with one attached hydrogen (secondary N) is 1. The van der Waals surface area contributed by atoms with Crippen molar-refractivity contribution < 1.29 is 0 Å². The molecule has 0 spiro atoms. The van der Waals surface area contributed by atoms with E-state index in [2.05, 4.69) is 29.4 Å². The van der Waals surface area contributed by atoms with Gasteiger partial charge in [-0.15, -0.1) is 0 Å². The summed E-state index contributed by atoms with van der Waals surface area (Å²) in [6, 6.07) is 10.4. The van der Waals surface area contributed by atoms with E-state index in [9.17, 15) is 4.79 Å². The molecule has 1 atom stereocenters. The van der Waals surface area contributed by atoms with Crippen molar-refractivity contribution in [1.82, 2.24) is 9.55 Å². The summed E-state index contributed by atoms with van der Waals surface area (Å²) in [4.78, 5) is 16.3. The number of aromatic nitrogens is 2. The van der Waals surface area contributed by atoms with E-state index in [1.807, 2.05) is 32.0 Å². The zero-order chi connectivity index (χ0) is 14.5. The van der Waals surface area contributed by atoms with Crippen molar-refractivity contribution in [1.29, 1.82) is 0 Å². The highest BCUT2D eigenvalue weighted by molar-refractivity contribution is 5.32. The first-order valence-electron chi connectivity index (χ1n) is 6.95. The number of hydrogen-bond donors (Lipinski definition) is 1. The fourth-order valence-corrected chi connectivity index (χ4v) is 2.10. The molecule has 0 aliphatic carbocycles. The van der Waals surface area contributed by atoms with Gasteiger partial charge in [0.25, 0.3) is 5.56 Å². The summed E-state index contributed by atoms with van der Waals surface area (Å²) in [7, 11) is 0. The van der Waals surface area contributed by atoms with Crippen LogP contribution in [0.3, 0.4) is 0 Å². The maximum atomic E-state index is 12.2. The minimum atomic E-state index is -0.0669. The van der Waals surface area contributed by atoms with Crippen LogP contribution in [-0.2, 0) is 0 Å². The zero-order valence-electron chi connectivity index (χ0n) is 12.2. The van der Waals surface area contributed by atoms with Gasteiger partial charge >= 0.3 is 0 Å². The van der Waals surface area contributed by atoms with Crippen molar-refractivity contribution in [3.63, 3.8) is 0 Å². The molecule has 0 fully saturated rings. The maximum absolute atomic E-state index is 12.2. The van der Waals surface area contributed by atoms with E-state index in [0.29, 0.717) is 18.3 Å². The Balaban J connectivity index is 2.08. The summed E-state index contributed by atoms with van der Waals surface area (Å²) in [5.74, 6) is 0.745. The Labute approximate surface area is 119 Å². The molecule has 0 bridgehead atoms. The van der Waals surface area contributed by atoms with Gasteiger partial charge in [0.05, 0.1) is 0 Å². The van der Waals surface area contributed by atoms with Gasteiger partial charge in [0, 0.05) is 25.0 Å². The Bertz CT molecular complexity index is 605. The lowest BCUT2D eigenvalue weighted by Crippen LogP contribution is -2.26. The van der Waals surface area contributed by atoms with Crippen molar-refractivity contribution in [2.75, 3.05) is 11.9 Å². The topological polar surface area (TPSA) is 46.9 Å². The molecule has 4 heteroatoms. The SMILES string of the molecule is CC(CNc1nccn(C(C)C)c1=O)c1ccccc1. The molecule has 2 rings (SSSR count). The first kappa shape index (κ1) is 14.3. The van der Waals surface area contributed by atoms with Crippen LogP contribution < -0.4 is 10.9 Å². The van der Waals surface area contributed by atoms with Crippen LogP contribution >= 0.6 is 0 Å². The van der Waals surface area contributed by atoms with Gasteiger partial charge in [-0.25, -0.2) is 4.98 Å². The van der Waals surface area contributed by atoms with E-state index in [-0.39, 0.29) is 11.6 Å². The predicted octanol–water partition coefficient (Wildman–Crippen LogP) is 3.04. The normalized spacial score (nSPS) is 12.4. The molecule has 1 aromatic heterocycles. The van der Waals surface area contributed by atoms with E-state index in [1.165, 1.54) is 5.56 Å². The van der Waals surface area contributed by atoms with Crippen LogP contribution in [0.25, 0.3) is 0 Å². The highest BCUT2D eigenvalue weighted by Gasteiger charge is 2.09. The van der Waals surface area contributed by atoms with Gasteiger partial charge in [-0.1, -0.05) is 37.3 Å². The minimum Gasteiger partial charge on any atom is -0.365 e. The van der Waals surface area contributed by atoms with E-state index in [4.69, 9.17) is 0 Å². The second-order valence-corrected chi connectivity index (χ2v) is 5.27. The Morgan fingerprint density at radius 2 is 1.90 bits per heavy atom. The minimum absolute atomic E-state index is 0.0669. The van der Waals surface area contributed by atoms with Gasteiger partial charge in [-0.2, -0.15) is 0 Å². The number of rotatable bonds is 5. The molecule has 0 aliphatic heterocycles. The number of benzene rings is 1. The van der Waals surface area contributed by atoms with Crippen LogP contribution in [0.2, 0.25) is 0 Å². The molecule has 106 valence electrons. The lowest BCUT2D eigenvalue weighted by molar-refractivity contribution is 0.575. The Kier molecular flexibility index (Phi) is 4.56. The number of nitrogens with zero attached hydrogens (tertiary/aromatic N) is 2. The van der Waals surface area contributed by atoms with Gasteiger partial charge in [0.2, 0.25) is 0 Å². The molecule has 1 unspecified atom stereocenters. The zero-order valence-corrected chi connectivity index (χ0v) is 12.2. The molecule has 1 heterocycles. The summed E-state index contributed by atoms with van der Waals surface area (Å²) in [6.07, 6.45) is 3.38. The average molecular weight is 271 g/mol. The van der Waals surface area contributed by atoms with E-state index in [1.54, 1.807) is 17.0 Å². The summed E-state index contributed by atoms with van der Waals surface area (Å²) in [6.45, 7) is 6.79. The van der Waals surface area contributed by atoms with Crippen molar-refractivity contribution >= 4 is 5.82 Å². The van der Waals surface area contributed by atoms with Gasteiger partial charge in [-0.05, 0) is 25.3 Å². The van der Waals surface area contributed by atoms with Crippen molar-refractivity contribution in [3.8, 4) is 0 Å². The fraction of sp³-hybridized carbons (Fsp3) is 0.375. The van der Waals surface area contributed by atoms with E-state index >= 15 is 0 Å². The van der Waals surface area contributed by atoms with Crippen LogP contribution in [0, 0.1) is 0 Å². The molecule has 0 saturated carbocycles. The van der Waals surface area contributed by atoms with Gasteiger partial charge in [-0.3, -0.25) is 4.79 Å². The largest absolute Gasteiger partial charge is 0.365 e. The van der Waals surface area contributed by atoms with Crippen molar-refractivity contribution in [3.05, 3.63) is 58.6 Å². The Hall–Kier alpha value is -2.10. The van der Waals surface area contributed by atoms with Crippen molar-refractivity contribution in [2.24, 2.45) is 0 Å². The molecular weight excluding hydrogens is 250 g/mol. The predicted molar refractivity (Wildman–Crippen MR) is 82.2 cm³/mol. The van der Waals surface area contributed by atoms with Crippen molar-refractivity contribution in [2.45, 2.75) is 32.7 Å². The van der Waals surface area contributed by atoms with E-state index < -0.39 is 0 Å². The Morgan fingerprint density at radius 3 is 2.55 bits per heavy atom. The third-order valence-corrected chi connectivity index (χ3v) is 3.37. The summed E-state index contributed by atoms with van der Waals surface area (Å²) in [5, 5.41) is 3.16. The summed E-state index contributed by atoms with van der Waals surface area (Å²) >= 11 is 0. The van der Waals surface area contributed by atoms with Gasteiger partial charge < -0.3 is 9.88 Å². The maximum Gasteiger partial charge on any atom is 0.293 e. The second-order valence-electron chi connectivity index (χ2n) is 5.27. The van der Waals surface area contributed by atoms with E-state index in [0.717, 1.165) is 0 Å². The van der Waals surface area contributed by atoms with Crippen LogP contribution in [0.1, 0.15) is 38.3 Å². The third-order valence-electron chi connectivity index (χ3n) is 3.37. The molecule has 1 aromatic carbocycles. The van der Waals surface area contributed by atoms with Gasteiger partial charge in [0.15, 0.2) is 5.82 Å². The van der Waals surface area contributed by atoms with Crippen LogP contribution in [-0.4, -0.2) is 16.1 Å². The Morgan fingerprint density at radius 1 is 1.20 bits per heavy atom. The lowest BCUT2D eigenvalue weighted by atomic mass is 10.0. The van der Waals surface area contributed by atoms with Crippen LogP contribution in [0.5, 0.6) is 0 Å². The lowest BCUT2D eigenvalue weighted by Gasteiger charge is -2.15. The standard InChI is InChI=1S/C16H21N3O/c1-12(2)19-10-9-17-15(16(19)20)18-11-13(3)14-7-5-4-6-8-14/h4-10,12-13H,11H2,1-3H3,(H,17,18). The first-order valence-corrected chi connectivity index (χ1v) is 6.95. The molecule has 1 N–H and O–H groups in total. The average Bonchev–Trinajstić information content (AvgIpc) is 2.46. The van der Waals surface area contributed by atoms with Crippen LogP contribution in [0.4, 0.5) is 5.82 Å². The highest BCUT2D eigenvalue weighted by Crippen LogP contribution is 2.14. The number of anilines is 1. The fourth-order valence-electron chi connectivity index (χ4n) is 2.10. The third kappa shape index (κ3) is 3.26. The molecule has 0 aliphatic rings.